The van der Waals surface area contributed by atoms with Crippen molar-refractivity contribution in [1.82, 2.24) is 10.2 Å². The zero-order chi connectivity index (χ0) is 32.4. The van der Waals surface area contributed by atoms with Crippen LogP contribution in [0, 0.1) is 0 Å². The number of likely N-dealkylation sites (N-methyl/N-ethyl adjacent to an activating group) is 1. The Hall–Kier alpha value is -4.57. The Balaban J connectivity index is 1.37. The second-order valence-corrected chi connectivity index (χ2v) is 11.5. The lowest BCUT2D eigenvalue weighted by Crippen LogP contribution is -2.42. The van der Waals surface area contributed by atoms with Crippen molar-refractivity contribution in [2.24, 2.45) is 0 Å². The molecule has 45 heavy (non-hydrogen) atoms. The fourth-order valence-electron chi connectivity index (χ4n) is 4.62. The van der Waals surface area contributed by atoms with Gasteiger partial charge in [0.1, 0.15) is 6.04 Å². The van der Waals surface area contributed by atoms with Gasteiger partial charge >= 0.3 is 6.18 Å². The average Bonchev–Trinajstić information content (AvgIpc) is 3.05. The molecule has 6 nitrogen and oxygen atoms in total. The van der Waals surface area contributed by atoms with Crippen LogP contribution in [0.5, 0.6) is 0 Å². The highest BCUT2D eigenvalue weighted by Gasteiger charge is 2.30. The number of unbranched alkanes of at least 4 members (excludes halogenated alkanes) is 1. The van der Waals surface area contributed by atoms with Crippen molar-refractivity contribution in [2.75, 3.05) is 24.7 Å². The quantitative estimate of drug-likeness (QED) is 0.156. The Morgan fingerprint density at radius 2 is 1.49 bits per heavy atom. The highest BCUT2D eigenvalue weighted by molar-refractivity contribution is 8.00. The van der Waals surface area contributed by atoms with Crippen molar-refractivity contribution in [1.29, 1.82) is 0 Å². The van der Waals surface area contributed by atoms with Gasteiger partial charge in [0, 0.05) is 29.7 Å². The summed E-state index contributed by atoms with van der Waals surface area (Å²) in [6, 6.07) is 26.7. The SMILES string of the molecule is CCCCN(C)C(=O)[C@@H](NC(=O)CSc1ccc(NC(=O)c2ccccc2-c2ccc(C(F)(F)F)cc2)cc1)c1ccccc1. The third kappa shape index (κ3) is 9.21. The molecule has 0 saturated heterocycles. The largest absolute Gasteiger partial charge is 0.416 e. The molecular weight excluding hydrogens is 599 g/mol. The average molecular weight is 634 g/mol. The number of benzene rings is 4. The van der Waals surface area contributed by atoms with Gasteiger partial charge in [-0.15, -0.1) is 11.8 Å². The van der Waals surface area contributed by atoms with Crippen LogP contribution in [-0.4, -0.2) is 42.0 Å². The lowest BCUT2D eigenvalue weighted by molar-refractivity contribution is -0.137. The molecule has 1 atom stereocenters. The number of nitrogens with zero attached hydrogens (tertiary/aromatic N) is 1. The van der Waals surface area contributed by atoms with E-state index in [2.05, 4.69) is 17.6 Å². The molecule has 234 valence electrons. The van der Waals surface area contributed by atoms with Gasteiger partial charge in [-0.05, 0) is 65.6 Å². The first-order valence-electron chi connectivity index (χ1n) is 14.5. The van der Waals surface area contributed by atoms with Gasteiger partial charge in [0.15, 0.2) is 0 Å². The lowest BCUT2D eigenvalue weighted by Gasteiger charge is -2.25. The van der Waals surface area contributed by atoms with E-state index in [4.69, 9.17) is 0 Å². The number of carbonyl (C=O) groups is 3. The van der Waals surface area contributed by atoms with E-state index >= 15 is 0 Å². The van der Waals surface area contributed by atoms with Crippen molar-refractivity contribution < 1.29 is 27.6 Å². The number of hydrogen-bond acceptors (Lipinski definition) is 4. The van der Waals surface area contributed by atoms with Crippen molar-refractivity contribution >= 4 is 35.2 Å². The maximum atomic E-state index is 13.2. The molecule has 0 spiro atoms. The Morgan fingerprint density at radius 1 is 0.844 bits per heavy atom. The van der Waals surface area contributed by atoms with E-state index in [1.807, 2.05) is 30.3 Å². The maximum Gasteiger partial charge on any atom is 0.416 e. The Bertz CT molecular complexity index is 1590. The summed E-state index contributed by atoms with van der Waals surface area (Å²) < 4.78 is 39.0. The van der Waals surface area contributed by atoms with Gasteiger partial charge in [-0.3, -0.25) is 14.4 Å². The summed E-state index contributed by atoms with van der Waals surface area (Å²) in [5, 5.41) is 5.71. The van der Waals surface area contributed by atoms with E-state index in [-0.39, 0.29) is 17.6 Å². The van der Waals surface area contributed by atoms with E-state index in [1.165, 1.54) is 23.9 Å². The highest BCUT2D eigenvalue weighted by Crippen LogP contribution is 2.32. The number of carbonyl (C=O) groups excluding carboxylic acids is 3. The smallest absolute Gasteiger partial charge is 0.344 e. The van der Waals surface area contributed by atoms with Gasteiger partial charge in [0.05, 0.1) is 11.3 Å². The van der Waals surface area contributed by atoms with Crippen LogP contribution >= 0.6 is 11.8 Å². The van der Waals surface area contributed by atoms with E-state index in [0.29, 0.717) is 34.5 Å². The number of halogens is 3. The number of nitrogens with one attached hydrogen (secondary N) is 2. The summed E-state index contributed by atoms with van der Waals surface area (Å²) in [6.45, 7) is 2.66. The van der Waals surface area contributed by atoms with Crippen LogP contribution in [-0.2, 0) is 15.8 Å². The Kier molecular flexibility index (Phi) is 11.4. The molecule has 0 aliphatic carbocycles. The predicted molar refractivity (Wildman–Crippen MR) is 172 cm³/mol. The van der Waals surface area contributed by atoms with Crippen molar-refractivity contribution in [2.45, 2.75) is 36.9 Å². The molecule has 10 heteroatoms. The molecule has 2 N–H and O–H groups in total. The minimum absolute atomic E-state index is 0.0848. The first kappa shape index (κ1) is 33.3. The normalized spacial score (nSPS) is 11.8. The fourth-order valence-corrected chi connectivity index (χ4v) is 5.32. The second-order valence-electron chi connectivity index (χ2n) is 10.4. The first-order chi connectivity index (χ1) is 21.6. The van der Waals surface area contributed by atoms with Crippen LogP contribution in [0.2, 0.25) is 0 Å². The number of amides is 3. The van der Waals surface area contributed by atoms with E-state index < -0.39 is 23.7 Å². The molecule has 0 aliphatic rings. The van der Waals surface area contributed by atoms with Crippen molar-refractivity contribution in [3.05, 3.63) is 120 Å². The Morgan fingerprint density at radius 3 is 2.13 bits per heavy atom. The third-order valence-corrected chi connectivity index (χ3v) is 8.10. The summed E-state index contributed by atoms with van der Waals surface area (Å²) in [5.41, 5.74) is 1.77. The van der Waals surface area contributed by atoms with E-state index in [0.717, 1.165) is 29.9 Å². The van der Waals surface area contributed by atoms with Crippen LogP contribution in [0.4, 0.5) is 18.9 Å². The predicted octanol–water partition coefficient (Wildman–Crippen LogP) is 7.83. The number of hydrogen-bond donors (Lipinski definition) is 2. The van der Waals surface area contributed by atoms with E-state index in [1.54, 1.807) is 60.5 Å². The molecule has 0 saturated carbocycles. The van der Waals surface area contributed by atoms with Crippen LogP contribution in [0.1, 0.15) is 47.3 Å². The van der Waals surface area contributed by atoms with Crippen molar-refractivity contribution in [3.8, 4) is 11.1 Å². The monoisotopic (exact) mass is 633 g/mol. The second kappa shape index (κ2) is 15.4. The zero-order valence-corrected chi connectivity index (χ0v) is 25.8. The molecule has 0 fully saturated rings. The molecule has 4 rings (SSSR count). The molecule has 0 bridgehead atoms. The highest BCUT2D eigenvalue weighted by atomic mass is 32.2. The third-order valence-electron chi connectivity index (χ3n) is 7.09. The maximum absolute atomic E-state index is 13.2. The fraction of sp³-hybridized carbons (Fsp3) is 0.229. The molecule has 0 aliphatic heterocycles. The van der Waals surface area contributed by atoms with Crippen LogP contribution in [0.3, 0.4) is 0 Å². The van der Waals surface area contributed by atoms with Gasteiger partial charge in [-0.2, -0.15) is 13.2 Å². The lowest BCUT2D eigenvalue weighted by atomic mass is 9.98. The summed E-state index contributed by atoms with van der Waals surface area (Å²) in [5.74, 6) is -0.788. The van der Waals surface area contributed by atoms with Gasteiger partial charge in [-0.1, -0.05) is 74.0 Å². The van der Waals surface area contributed by atoms with Crippen molar-refractivity contribution in [3.63, 3.8) is 0 Å². The summed E-state index contributed by atoms with van der Waals surface area (Å²) >= 11 is 1.30. The number of thioether (sulfide) groups is 1. The number of rotatable bonds is 12. The van der Waals surface area contributed by atoms with Gasteiger partial charge < -0.3 is 15.5 Å². The number of alkyl halides is 3. The zero-order valence-electron chi connectivity index (χ0n) is 24.9. The van der Waals surface area contributed by atoms with Crippen LogP contribution in [0.15, 0.2) is 108 Å². The van der Waals surface area contributed by atoms with Gasteiger partial charge in [-0.25, -0.2) is 0 Å². The molecular formula is C35H34F3N3O3S. The summed E-state index contributed by atoms with van der Waals surface area (Å²) in [7, 11) is 1.74. The summed E-state index contributed by atoms with van der Waals surface area (Å²) in [4.78, 5) is 41.6. The molecule has 4 aromatic rings. The van der Waals surface area contributed by atoms with Crippen LogP contribution in [0.25, 0.3) is 11.1 Å². The molecule has 0 heterocycles. The summed E-state index contributed by atoms with van der Waals surface area (Å²) in [6.07, 6.45) is -2.62. The molecule has 0 unspecified atom stereocenters. The van der Waals surface area contributed by atoms with Gasteiger partial charge in [0.2, 0.25) is 11.8 Å². The molecule has 0 aromatic heterocycles. The van der Waals surface area contributed by atoms with E-state index in [9.17, 15) is 27.6 Å². The molecule has 0 radical (unpaired) electrons. The molecule has 4 aromatic carbocycles. The standard InChI is InChI=1S/C35H34F3N3O3S/c1-3-4-22-41(2)34(44)32(25-10-6-5-7-11-25)40-31(42)23-45-28-20-18-27(19-21-28)39-33(43)30-13-9-8-12-29(30)24-14-16-26(17-15-24)35(36,37)38/h5-21,32H,3-4,22-23H2,1-2H3,(H,39,43)(H,40,42)/t32-/m0/s1. The Labute approximate surface area is 265 Å². The minimum Gasteiger partial charge on any atom is -0.344 e. The minimum atomic E-state index is -4.45. The topological polar surface area (TPSA) is 78.5 Å². The first-order valence-corrected chi connectivity index (χ1v) is 15.5. The molecule has 3 amide bonds. The van der Waals surface area contributed by atoms with Gasteiger partial charge in [0.25, 0.3) is 5.91 Å². The van der Waals surface area contributed by atoms with Crippen LogP contribution < -0.4 is 10.6 Å². The number of anilines is 1.